The normalized spacial score (nSPS) is 15.7. The molecule has 1 aliphatic rings. The van der Waals surface area contributed by atoms with Gasteiger partial charge in [0.2, 0.25) is 0 Å². The van der Waals surface area contributed by atoms with Gasteiger partial charge in [0.25, 0.3) is 11.8 Å². The highest BCUT2D eigenvalue weighted by Gasteiger charge is 2.23. The highest BCUT2D eigenvalue weighted by atomic mass is 16.5. The van der Waals surface area contributed by atoms with Gasteiger partial charge in [-0.05, 0) is 24.3 Å². The molecule has 2 aromatic heterocycles. The molecule has 2 aromatic carbocycles. The molecule has 3 heterocycles. The lowest BCUT2D eigenvalue weighted by molar-refractivity contribution is -0.118. The molecular formula is C24H17N5O2. The van der Waals surface area contributed by atoms with Crippen molar-refractivity contribution in [1.82, 2.24) is 19.9 Å². The van der Waals surface area contributed by atoms with Gasteiger partial charge in [0.15, 0.2) is 5.82 Å². The Kier molecular flexibility index (Phi) is 4.90. The molecule has 0 saturated carbocycles. The number of hydrogen-bond donors (Lipinski definition) is 0. The number of nitrogens with zero attached hydrogens (tertiary/aromatic N) is 5. The summed E-state index contributed by atoms with van der Waals surface area (Å²) in [5.74, 6) is -0.329. The number of hydrogen-bond acceptors (Lipinski definition) is 5. The highest BCUT2D eigenvalue weighted by Crippen LogP contribution is 2.25. The second kappa shape index (κ2) is 8.16. The van der Waals surface area contributed by atoms with Gasteiger partial charge in [-0.3, -0.25) is 4.79 Å². The van der Waals surface area contributed by atoms with Crippen molar-refractivity contribution in [3.8, 4) is 16.9 Å². The van der Waals surface area contributed by atoms with E-state index in [4.69, 9.17) is 9.62 Å². The van der Waals surface area contributed by atoms with Crippen molar-refractivity contribution in [2.45, 2.75) is 5.92 Å². The third kappa shape index (κ3) is 3.89. The molecule has 0 fully saturated rings. The Hall–Kier alpha value is -4.39. The van der Waals surface area contributed by atoms with Crippen molar-refractivity contribution in [3.05, 3.63) is 96.3 Å². The van der Waals surface area contributed by atoms with Crippen LogP contribution in [0.2, 0.25) is 0 Å². The molecule has 1 unspecified atom stereocenters. The molecule has 0 bridgehead atoms. The number of carbonyl (C=O) groups is 1. The van der Waals surface area contributed by atoms with Gasteiger partial charge in [-0.15, -0.1) is 0 Å². The van der Waals surface area contributed by atoms with Crippen molar-refractivity contribution < 1.29 is 9.32 Å². The molecule has 0 spiro atoms. The van der Waals surface area contributed by atoms with E-state index in [2.05, 4.69) is 15.1 Å². The predicted molar refractivity (Wildman–Crippen MR) is 118 cm³/mol. The van der Waals surface area contributed by atoms with Crippen molar-refractivity contribution in [2.75, 3.05) is 0 Å². The minimum absolute atomic E-state index is 0.293. The molecule has 7 heteroatoms. The molecule has 31 heavy (non-hydrogen) atoms. The molecule has 5 rings (SSSR count). The first-order valence-electron chi connectivity index (χ1n) is 9.75. The summed E-state index contributed by atoms with van der Waals surface area (Å²) >= 11 is 0. The SMILES string of the molecule is O=C1N=CC=CC1c1noc(/C=C/c2cn(-c3ccccc3)nc2-c2ccccc2)n1. The smallest absolute Gasteiger partial charge is 0.260 e. The van der Waals surface area contributed by atoms with Crippen LogP contribution in [0.5, 0.6) is 0 Å². The number of dihydropyridines is 1. The number of aromatic nitrogens is 4. The lowest BCUT2D eigenvalue weighted by Crippen LogP contribution is -2.12. The first kappa shape index (κ1) is 18.6. The van der Waals surface area contributed by atoms with Gasteiger partial charge in [0.1, 0.15) is 5.92 Å². The Morgan fingerprint density at radius 2 is 1.74 bits per heavy atom. The van der Waals surface area contributed by atoms with Gasteiger partial charge < -0.3 is 4.52 Å². The molecule has 1 amide bonds. The van der Waals surface area contributed by atoms with Crippen LogP contribution in [0.25, 0.3) is 29.1 Å². The fraction of sp³-hybridized carbons (Fsp3) is 0.0417. The van der Waals surface area contributed by atoms with Crippen LogP contribution in [-0.4, -0.2) is 32.0 Å². The van der Waals surface area contributed by atoms with Crippen molar-refractivity contribution >= 4 is 24.3 Å². The van der Waals surface area contributed by atoms with Crippen LogP contribution in [-0.2, 0) is 4.79 Å². The monoisotopic (exact) mass is 407 g/mol. The van der Waals surface area contributed by atoms with Crippen LogP contribution in [0.1, 0.15) is 23.2 Å². The highest BCUT2D eigenvalue weighted by molar-refractivity contribution is 5.96. The molecule has 7 nitrogen and oxygen atoms in total. The largest absolute Gasteiger partial charge is 0.335 e. The Morgan fingerprint density at radius 1 is 0.968 bits per heavy atom. The maximum absolute atomic E-state index is 11.9. The van der Waals surface area contributed by atoms with Gasteiger partial charge in [0, 0.05) is 29.6 Å². The Morgan fingerprint density at radius 3 is 2.52 bits per heavy atom. The molecule has 0 radical (unpaired) electrons. The average Bonchev–Trinajstić information content (AvgIpc) is 3.47. The number of amides is 1. The summed E-state index contributed by atoms with van der Waals surface area (Å²) in [4.78, 5) is 20.0. The zero-order chi connectivity index (χ0) is 21.0. The van der Waals surface area contributed by atoms with Crippen LogP contribution in [0.4, 0.5) is 0 Å². The number of aliphatic imine (C=N–C) groups is 1. The van der Waals surface area contributed by atoms with E-state index >= 15 is 0 Å². The first-order valence-corrected chi connectivity index (χ1v) is 9.75. The summed E-state index contributed by atoms with van der Waals surface area (Å²) in [5, 5.41) is 8.71. The Balaban J connectivity index is 1.48. The maximum atomic E-state index is 11.9. The molecule has 1 atom stereocenters. The topological polar surface area (TPSA) is 86.2 Å². The van der Waals surface area contributed by atoms with Crippen LogP contribution >= 0.6 is 0 Å². The first-order chi connectivity index (χ1) is 15.3. The molecule has 0 aliphatic carbocycles. The third-order valence-electron chi connectivity index (χ3n) is 4.81. The van der Waals surface area contributed by atoms with Gasteiger partial charge in [0.05, 0.1) is 11.4 Å². The summed E-state index contributed by atoms with van der Waals surface area (Å²) in [5.41, 5.74) is 3.69. The summed E-state index contributed by atoms with van der Waals surface area (Å²) in [7, 11) is 0. The van der Waals surface area contributed by atoms with E-state index in [1.165, 1.54) is 6.21 Å². The van der Waals surface area contributed by atoms with Gasteiger partial charge in [-0.1, -0.05) is 59.8 Å². The van der Waals surface area contributed by atoms with Crippen molar-refractivity contribution in [2.24, 2.45) is 4.99 Å². The van der Waals surface area contributed by atoms with Gasteiger partial charge in [-0.2, -0.15) is 10.1 Å². The minimum atomic E-state index is -0.614. The summed E-state index contributed by atoms with van der Waals surface area (Å²) in [6.07, 6.45) is 10.4. The van der Waals surface area contributed by atoms with E-state index in [1.807, 2.05) is 77.6 Å². The zero-order valence-electron chi connectivity index (χ0n) is 16.4. The van der Waals surface area contributed by atoms with E-state index in [9.17, 15) is 4.79 Å². The fourth-order valence-corrected chi connectivity index (χ4v) is 3.28. The minimum Gasteiger partial charge on any atom is -0.335 e. The lowest BCUT2D eigenvalue weighted by atomic mass is 10.1. The summed E-state index contributed by atoms with van der Waals surface area (Å²) in [6.45, 7) is 0. The summed E-state index contributed by atoms with van der Waals surface area (Å²) < 4.78 is 7.15. The molecule has 0 saturated heterocycles. The van der Waals surface area contributed by atoms with E-state index in [0.29, 0.717) is 11.7 Å². The van der Waals surface area contributed by atoms with E-state index in [0.717, 1.165) is 22.5 Å². The molecule has 0 N–H and O–H groups in total. The summed E-state index contributed by atoms with van der Waals surface area (Å²) in [6, 6.07) is 19.9. The van der Waals surface area contributed by atoms with E-state index < -0.39 is 5.92 Å². The third-order valence-corrected chi connectivity index (χ3v) is 4.81. The quantitative estimate of drug-likeness (QED) is 0.491. The number of para-hydroxylation sites is 1. The van der Waals surface area contributed by atoms with Gasteiger partial charge in [-0.25, -0.2) is 9.67 Å². The van der Waals surface area contributed by atoms with Crippen molar-refractivity contribution in [1.29, 1.82) is 0 Å². The lowest BCUT2D eigenvalue weighted by Gasteiger charge is -2.04. The molecule has 4 aromatic rings. The average molecular weight is 407 g/mol. The predicted octanol–water partition coefficient (Wildman–Crippen LogP) is 4.34. The van der Waals surface area contributed by atoms with Crippen LogP contribution in [0.3, 0.4) is 0 Å². The Labute approximate surface area is 178 Å². The fourth-order valence-electron chi connectivity index (χ4n) is 3.28. The second-order valence-corrected chi connectivity index (χ2v) is 6.88. The molecule has 1 aliphatic heterocycles. The van der Waals surface area contributed by atoms with E-state index in [1.54, 1.807) is 18.2 Å². The maximum Gasteiger partial charge on any atom is 0.260 e. The number of allylic oxidation sites excluding steroid dienone is 1. The number of rotatable bonds is 5. The van der Waals surface area contributed by atoms with E-state index in [-0.39, 0.29) is 5.91 Å². The second-order valence-electron chi connectivity index (χ2n) is 6.88. The number of benzene rings is 2. The van der Waals surface area contributed by atoms with Gasteiger partial charge >= 0.3 is 0 Å². The van der Waals surface area contributed by atoms with Crippen LogP contribution < -0.4 is 0 Å². The Bertz CT molecular complexity index is 1300. The van der Waals surface area contributed by atoms with Crippen LogP contribution in [0, 0.1) is 0 Å². The van der Waals surface area contributed by atoms with Crippen LogP contribution in [0.15, 0.2) is 88.5 Å². The standard InChI is InChI=1S/C24H17N5O2/c30-24-20(12-7-15-25-24)23-26-21(31-28-23)14-13-18-16-29(19-10-5-2-6-11-19)27-22(18)17-8-3-1-4-9-17/h1-16,20H/b14-13+. The number of carbonyl (C=O) groups excluding carboxylic acids is 1. The van der Waals surface area contributed by atoms with Crippen molar-refractivity contribution in [3.63, 3.8) is 0 Å². The molecular weight excluding hydrogens is 390 g/mol. The molecule has 150 valence electrons. The zero-order valence-corrected chi connectivity index (χ0v) is 16.4.